The summed E-state index contributed by atoms with van der Waals surface area (Å²) in [5, 5.41) is 0. The van der Waals surface area contributed by atoms with Crippen molar-refractivity contribution in [1.82, 2.24) is 4.90 Å². The third-order valence-electron chi connectivity index (χ3n) is 4.98. The highest BCUT2D eigenvalue weighted by Gasteiger charge is 2.30. The second-order valence-corrected chi connectivity index (χ2v) is 6.44. The van der Waals surface area contributed by atoms with Gasteiger partial charge in [0.2, 0.25) is 5.91 Å². The van der Waals surface area contributed by atoms with Gasteiger partial charge in [0.1, 0.15) is 0 Å². The highest BCUT2D eigenvalue weighted by atomic mass is 16.2. The van der Waals surface area contributed by atoms with E-state index in [1.54, 1.807) is 0 Å². The summed E-state index contributed by atoms with van der Waals surface area (Å²) >= 11 is 0. The minimum atomic E-state index is 0.328. The molecule has 1 aliphatic heterocycles. The maximum absolute atomic E-state index is 12.4. The van der Waals surface area contributed by atoms with Gasteiger partial charge in [-0.15, -0.1) is 0 Å². The summed E-state index contributed by atoms with van der Waals surface area (Å²) in [6.07, 6.45) is 7.74. The number of likely N-dealkylation sites (tertiary alicyclic amines) is 1. The molecule has 2 fully saturated rings. The third kappa shape index (κ3) is 3.25. The van der Waals surface area contributed by atoms with E-state index in [4.69, 9.17) is 5.73 Å². The van der Waals surface area contributed by atoms with Crippen molar-refractivity contribution in [3.8, 4) is 0 Å². The Morgan fingerprint density at radius 1 is 1.22 bits per heavy atom. The first-order valence-corrected chi connectivity index (χ1v) is 7.63. The Balaban J connectivity index is 1.86. The lowest BCUT2D eigenvalue weighted by molar-refractivity contribution is -0.137. The molecule has 2 rings (SSSR count). The Hall–Kier alpha value is -0.570. The van der Waals surface area contributed by atoms with E-state index in [1.807, 2.05) is 0 Å². The second kappa shape index (κ2) is 6.05. The van der Waals surface area contributed by atoms with Crippen LogP contribution in [0.5, 0.6) is 0 Å². The quantitative estimate of drug-likeness (QED) is 0.821. The summed E-state index contributed by atoms with van der Waals surface area (Å²) in [6.45, 7) is 5.43. The van der Waals surface area contributed by atoms with Gasteiger partial charge in [-0.25, -0.2) is 0 Å². The molecule has 4 atom stereocenters. The van der Waals surface area contributed by atoms with Crippen LogP contribution in [-0.2, 0) is 4.79 Å². The minimum Gasteiger partial charge on any atom is -0.340 e. The van der Waals surface area contributed by atoms with Crippen LogP contribution in [0.1, 0.15) is 58.8 Å². The van der Waals surface area contributed by atoms with E-state index >= 15 is 0 Å². The topological polar surface area (TPSA) is 46.3 Å². The predicted molar refractivity (Wildman–Crippen MR) is 74.1 cm³/mol. The molecular formula is C15H28N2O. The van der Waals surface area contributed by atoms with E-state index in [1.165, 1.54) is 25.7 Å². The molecule has 1 aliphatic carbocycles. The summed E-state index contributed by atoms with van der Waals surface area (Å²) in [5.41, 5.74) is 6.00. The lowest BCUT2D eigenvalue weighted by Crippen LogP contribution is -2.46. The highest BCUT2D eigenvalue weighted by Crippen LogP contribution is 2.29. The Kier molecular flexibility index (Phi) is 4.66. The molecule has 3 heteroatoms. The van der Waals surface area contributed by atoms with Crippen LogP contribution < -0.4 is 5.73 Å². The van der Waals surface area contributed by atoms with E-state index in [0.29, 0.717) is 29.8 Å². The Labute approximate surface area is 111 Å². The van der Waals surface area contributed by atoms with Gasteiger partial charge in [-0.05, 0) is 50.9 Å². The van der Waals surface area contributed by atoms with Gasteiger partial charge in [-0.2, -0.15) is 0 Å². The molecule has 1 saturated heterocycles. The number of hydrogen-bond donors (Lipinski definition) is 1. The fourth-order valence-electron chi connectivity index (χ4n) is 3.57. The number of amides is 1. The molecule has 2 aliphatic rings. The number of nitrogens with two attached hydrogens (primary N) is 1. The van der Waals surface area contributed by atoms with Crippen molar-refractivity contribution in [2.45, 2.75) is 70.9 Å². The summed E-state index contributed by atoms with van der Waals surface area (Å²) in [7, 11) is 0. The number of hydrogen-bond acceptors (Lipinski definition) is 2. The highest BCUT2D eigenvalue weighted by molar-refractivity contribution is 5.77. The molecule has 0 bridgehead atoms. The van der Waals surface area contributed by atoms with Crippen molar-refractivity contribution >= 4 is 5.91 Å². The van der Waals surface area contributed by atoms with Crippen molar-refractivity contribution in [1.29, 1.82) is 0 Å². The van der Waals surface area contributed by atoms with E-state index in [9.17, 15) is 4.79 Å². The summed E-state index contributed by atoms with van der Waals surface area (Å²) in [5.74, 6) is 1.55. The molecule has 1 saturated carbocycles. The zero-order chi connectivity index (χ0) is 13.1. The van der Waals surface area contributed by atoms with E-state index < -0.39 is 0 Å². The van der Waals surface area contributed by atoms with Gasteiger partial charge in [0.25, 0.3) is 0 Å². The molecule has 0 spiro atoms. The van der Waals surface area contributed by atoms with Gasteiger partial charge < -0.3 is 10.6 Å². The predicted octanol–water partition coefficient (Wildman–Crippen LogP) is 2.54. The molecule has 0 aromatic carbocycles. The van der Waals surface area contributed by atoms with Crippen molar-refractivity contribution in [2.24, 2.45) is 17.6 Å². The maximum atomic E-state index is 12.4. The van der Waals surface area contributed by atoms with Crippen molar-refractivity contribution in [2.75, 3.05) is 6.54 Å². The molecular weight excluding hydrogens is 224 g/mol. The normalized spacial score (nSPS) is 37.6. The second-order valence-electron chi connectivity index (χ2n) is 6.44. The third-order valence-corrected chi connectivity index (χ3v) is 4.98. The molecule has 2 N–H and O–H groups in total. The summed E-state index contributed by atoms with van der Waals surface area (Å²) in [6, 6.07) is 0.748. The lowest BCUT2D eigenvalue weighted by atomic mass is 9.83. The van der Waals surface area contributed by atoms with E-state index in [0.717, 1.165) is 25.8 Å². The molecule has 4 unspecified atom stereocenters. The SMILES string of the molecule is CC1CCCN(C(=O)CC2CCCC(N)C2)C1C. The van der Waals surface area contributed by atoms with Gasteiger partial charge in [-0.1, -0.05) is 13.3 Å². The average molecular weight is 252 g/mol. The minimum absolute atomic E-state index is 0.328. The van der Waals surface area contributed by atoms with Crippen LogP contribution in [-0.4, -0.2) is 29.4 Å². The van der Waals surface area contributed by atoms with Crippen LogP contribution in [0, 0.1) is 11.8 Å². The zero-order valence-electron chi connectivity index (χ0n) is 11.9. The summed E-state index contributed by atoms with van der Waals surface area (Å²) < 4.78 is 0. The lowest BCUT2D eigenvalue weighted by Gasteiger charge is -2.39. The van der Waals surface area contributed by atoms with Gasteiger partial charge in [-0.3, -0.25) is 4.79 Å². The van der Waals surface area contributed by atoms with Crippen LogP contribution in [0.25, 0.3) is 0 Å². The molecule has 1 amide bonds. The Bertz CT molecular complexity index is 292. The van der Waals surface area contributed by atoms with Crippen LogP contribution in [0.15, 0.2) is 0 Å². The smallest absolute Gasteiger partial charge is 0.223 e. The number of nitrogens with zero attached hydrogens (tertiary/aromatic N) is 1. The van der Waals surface area contributed by atoms with E-state index in [-0.39, 0.29) is 0 Å². The van der Waals surface area contributed by atoms with Crippen molar-refractivity contribution in [3.63, 3.8) is 0 Å². The maximum Gasteiger partial charge on any atom is 0.223 e. The van der Waals surface area contributed by atoms with Crippen LogP contribution in [0.3, 0.4) is 0 Å². The first-order valence-electron chi connectivity index (χ1n) is 7.63. The fourth-order valence-corrected chi connectivity index (χ4v) is 3.57. The Morgan fingerprint density at radius 3 is 2.72 bits per heavy atom. The van der Waals surface area contributed by atoms with Gasteiger partial charge in [0.05, 0.1) is 0 Å². The first kappa shape index (κ1) is 13.9. The van der Waals surface area contributed by atoms with Crippen LogP contribution >= 0.6 is 0 Å². The average Bonchev–Trinajstić information content (AvgIpc) is 2.32. The van der Waals surface area contributed by atoms with Crippen LogP contribution in [0.4, 0.5) is 0 Å². The standard InChI is InChI=1S/C15H28N2O/c1-11-5-4-8-17(12(11)2)15(18)10-13-6-3-7-14(16)9-13/h11-14H,3-10,16H2,1-2H3. The first-order chi connectivity index (χ1) is 8.58. The molecule has 0 aromatic heterocycles. The monoisotopic (exact) mass is 252 g/mol. The van der Waals surface area contributed by atoms with Crippen molar-refractivity contribution < 1.29 is 4.79 Å². The number of rotatable bonds is 2. The van der Waals surface area contributed by atoms with E-state index in [2.05, 4.69) is 18.7 Å². The van der Waals surface area contributed by atoms with Gasteiger partial charge in [0, 0.05) is 25.0 Å². The number of piperidine rings is 1. The Morgan fingerprint density at radius 2 is 2.00 bits per heavy atom. The molecule has 1 heterocycles. The summed E-state index contributed by atoms with van der Waals surface area (Å²) in [4.78, 5) is 14.5. The molecule has 0 aromatic rings. The van der Waals surface area contributed by atoms with Crippen LogP contribution in [0.2, 0.25) is 0 Å². The van der Waals surface area contributed by atoms with Gasteiger partial charge >= 0.3 is 0 Å². The largest absolute Gasteiger partial charge is 0.340 e. The fraction of sp³-hybridized carbons (Fsp3) is 0.933. The number of carbonyl (C=O) groups excluding carboxylic acids is 1. The number of carbonyl (C=O) groups is 1. The van der Waals surface area contributed by atoms with Crippen molar-refractivity contribution in [3.05, 3.63) is 0 Å². The van der Waals surface area contributed by atoms with Gasteiger partial charge in [0.15, 0.2) is 0 Å². The zero-order valence-corrected chi connectivity index (χ0v) is 11.9. The molecule has 104 valence electrons. The molecule has 3 nitrogen and oxygen atoms in total. The molecule has 0 radical (unpaired) electrons. The molecule has 18 heavy (non-hydrogen) atoms.